The summed E-state index contributed by atoms with van der Waals surface area (Å²) >= 11 is 0. The molecule has 1 nitrogen and oxygen atoms in total. The second kappa shape index (κ2) is 11.3. The molecule has 0 bridgehead atoms. The molecule has 0 aliphatic heterocycles. The highest BCUT2D eigenvalue weighted by molar-refractivity contribution is 5.93. The molecule has 51 heavy (non-hydrogen) atoms. The standard InChI is InChI=1S/C50H51N/c1-47(2,3)33-28-40-39-30-34(25-27-42(39)50(9,10)46(40)44(29-33)48(4,5)6)51(45-23-17-15-20-36(45)32-18-12-11-13-19-32)35-24-26-38-37-21-14-16-22-41(37)49(7,8)43(38)31-35/h11-31H,1-10H3. The average Bonchev–Trinajstić information content (AvgIpc) is 3.47. The summed E-state index contributed by atoms with van der Waals surface area (Å²) in [5.41, 5.74) is 19.7. The van der Waals surface area contributed by atoms with Gasteiger partial charge in [0.1, 0.15) is 0 Å². The number of nitrogens with zero attached hydrogens (tertiary/aromatic N) is 1. The normalized spacial score (nSPS) is 15.2. The first-order chi connectivity index (χ1) is 24.1. The first-order valence-electron chi connectivity index (χ1n) is 18.6. The molecular weight excluding hydrogens is 615 g/mol. The molecule has 0 saturated heterocycles. The fourth-order valence-corrected chi connectivity index (χ4v) is 8.92. The van der Waals surface area contributed by atoms with Crippen molar-refractivity contribution in [1.82, 2.24) is 0 Å². The van der Waals surface area contributed by atoms with Crippen molar-refractivity contribution >= 4 is 17.1 Å². The Balaban J connectivity index is 1.39. The maximum Gasteiger partial charge on any atom is 0.0540 e. The highest BCUT2D eigenvalue weighted by Gasteiger charge is 2.41. The van der Waals surface area contributed by atoms with Crippen molar-refractivity contribution in [3.63, 3.8) is 0 Å². The van der Waals surface area contributed by atoms with Crippen LogP contribution < -0.4 is 4.90 Å². The van der Waals surface area contributed by atoms with Crippen LogP contribution in [-0.2, 0) is 21.7 Å². The van der Waals surface area contributed by atoms with Crippen LogP contribution in [0.2, 0.25) is 0 Å². The Morgan fingerprint density at radius 2 is 1.02 bits per heavy atom. The summed E-state index contributed by atoms with van der Waals surface area (Å²) in [7, 11) is 0. The largest absolute Gasteiger partial charge is 0.310 e. The van der Waals surface area contributed by atoms with Crippen LogP contribution in [0.1, 0.15) is 103 Å². The molecule has 1 heteroatoms. The minimum absolute atomic E-state index is 0.0168. The zero-order chi connectivity index (χ0) is 36.1. The van der Waals surface area contributed by atoms with E-state index in [9.17, 15) is 0 Å². The summed E-state index contributed by atoms with van der Waals surface area (Å²) in [4.78, 5) is 2.51. The maximum atomic E-state index is 2.51. The van der Waals surface area contributed by atoms with Crippen LogP contribution >= 0.6 is 0 Å². The number of hydrogen-bond donors (Lipinski definition) is 0. The molecule has 256 valence electrons. The lowest BCUT2D eigenvalue weighted by Crippen LogP contribution is -2.24. The highest BCUT2D eigenvalue weighted by atomic mass is 15.1. The molecule has 0 saturated carbocycles. The van der Waals surface area contributed by atoms with Crippen molar-refractivity contribution in [1.29, 1.82) is 0 Å². The van der Waals surface area contributed by atoms with E-state index in [2.05, 4.69) is 202 Å². The zero-order valence-electron chi connectivity index (χ0n) is 32.1. The van der Waals surface area contributed by atoms with E-state index in [0.29, 0.717) is 0 Å². The fourth-order valence-electron chi connectivity index (χ4n) is 8.92. The van der Waals surface area contributed by atoms with Crippen molar-refractivity contribution in [2.45, 2.75) is 90.9 Å². The second-order valence-electron chi connectivity index (χ2n) is 17.9. The Morgan fingerprint density at radius 1 is 0.431 bits per heavy atom. The van der Waals surface area contributed by atoms with Gasteiger partial charge in [-0.15, -0.1) is 0 Å². The number of anilines is 3. The lowest BCUT2D eigenvalue weighted by Gasteiger charge is -2.32. The lowest BCUT2D eigenvalue weighted by atomic mass is 9.71. The van der Waals surface area contributed by atoms with E-state index in [1.165, 1.54) is 83.8 Å². The number of benzene rings is 6. The Kier molecular flexibility index (Phi) is 7.38. The predicted molar refractivity (Wildman–Crippen MR) is 219 cm³/mol. The Hall–Kier alpha value is -4.88. The van der Waals surface area contributed by atoms with Crippen LogP contribution in [0.25, 0.3) is 33.4 Å². The van der Waals surface area contributed by atoms with E-state index in [0.717, 1.165) is 0 Å². The van der Waals surface area contributed by atoms with Gasteiger partial charge in [-0.2, -0.15) is 0 Å². The first-order valence-corrected chi connectivity index (χ1v) is 18.6. The van der Waals surface area contributed by atoms with E-state index in [4.69, 9.17) is 0 Å². The Morgan fingerprint density at radius 3 is 1.73 bits per heavy atom. The van der Waals surface area contributed by atoms with Gasteiger partial charge in [0.05, 0.1) is 5.69 Å². The van der Waals surface area contributed by atoms with Gasteiger partial charge < -0.3 is 4.90 Å². The van der Waals surface area contributed by atoms with Gasteiger partial charge in [0.25, 0.3) is 0 Å². The molecule has 0 aromatic heterocycles. The summed E-state index contributed by atoms with van der Waals surface area (Å²) < 4.78 is 0. The third kappa shape index (κ3) is 5.19. The van der Waals surface area contributed by atoms with Crippen LogP contribution in [0.15, 0.2) is 127 Å². The first kappa shape index (κ1) is 33.3. The van der Waals surface area contributed by atoms with Crippen molar-refractivity contribution in [2.24, 2.45) is 0 Å². The average molecular weight is 666 g/mol. The van der Waals surface area contributed by atoms with Gasteiger partial charge in [-0.1, -0.05) is 166 Å². The van der Waals surface area contributed by atoms with Crippen LogP contribution in [0.4, 0.5) is 17.1 Å². The zero-order valence-corrected chi connectivity index (χ0v) is 32.1. The Labute approximate surface area is 306 Å². The number of fused-ring (bicyclic) bond motifs is 6. The number of rotatable bonds is 4. The summed E-state index contributed by atoms with van der Waals surface area (Å²) in [6, 6.07) is 48.1. The third-order valence-electron chi connectivity index (χ3n) is 11.7. The molecule has 8 rings (SSSR count). The minimum Gasteiger partial charge on any atom is -0.310 e. The SMILES string of the molecule is CC(C)(C)c1cc2c(c(C(C)(C)C)c1)C(C)(C)c1ccc(N(c3ccc4c(c3)C(C)(C)c3ccccc3-4)c3ccccc3-c3ccccc3)cc1-2. The molecule has 6 aromatic rings. The van der Waals surface area contributed by atoms with Crippen LogP contribution in [0, 0.1) is 0 Å². The molecule has 2 aliphatic rings. The monoisotopic (exact) mass is 665 g/mol. The summed E-state index contributed by atoms with van der Waals surface area (Å²) in [6.07, 6.45) is 0. The van der Waals surface area contributed by atoms with Gasteiger partial charge in [0.15, 0.2) is 0 Å². The van der Waals surface area contributed by atoms with Crippen molar-refractivity contribution in [3.05, 3.63) is 161 Å². The topological polar surface area (TPSA) is 3.24 Å². The van der Waals surface area contributed by atoms with E-state index < -0.39 is 0 Å². The van der Waals surface area contributed by atoms with Crippen LogP contribution in [-0.4, -0.2) is 0 Å². The van der Waals surface area contributed by atoms with Gasteiger partial charge in [-0.25, -0.2) is 0 Å². The van der Waals surface area contributed by atoms with Gasteiger partial charge in [-0.3, -0.25) is 0 Å². The summed E-state index contributed by atoms with van der Waals surface area (Å²) in [6.45, 7) is 23.7. The van der Waals surface area contributed by atoms with Crippen LogP contribution in [0.5, 0.6) is 0 Å². The summed E-state index contributed by atoms with van der Waals surface area (Å²) in [5, 5.41) is 0. The second-order valence-corrected chi connectivity index (χ2v) is 17.9. The van der Waals surface area contributed by atoms with E-state index in [1.807, 2.05) is 0 Å². The van der Waals surface area contributed by atoms with E-state index in [1.54, 1.807) is 0 Å². The molecular formula is C50H51N. The Bertz CT molecular complexity index is 2320. The van der Waals surface area contributed by atoms with Gasteiger partial charge in [0, 0.05) is 27.8 Å². The molecule has 0 radical (unpaired) electrons. The molecule has 6 aromatic carbocycles. The van der Waals surface area contributed by atoms with E-state index in [-0.39, 0.29) is 21.7 Å². The minimum atomic E-state index is -0.113. The lowest BCUT2D eigenvalue weighted by molar-refractivity contribution is 0.545. The van der Waals surface area contributed by atoms with Gasteiger partial charge in [0.2, 0.25) is 0 Å². The van der Waals surface area contributed by atoms with Crippen LogP contribution in [0.3, 0.4) is 0 Å². The smallest absolute Gasteiger partial charge is 0.0540 e. The number of hydrogen-bond acceptors (Lipinski definition) is 1. The molecule has 0 heterocycles. The van der Waals surface area contributed by atoms with Crippen molar-refractivity contribution in [3.8, 4) is 33.4 Å². The number of para-hydroxylation sites is 1. The van der Waals surface area contributed by atoms with E-state index >= 15 is 0 Å². The molecule has 0 atom stereocenters. The van der Waals surface area contributed by atoms with Crippen molar-refractivity contribution < 1.29 is 0 Å². The fraction of sp³-hybridized carbons (Fsp3) is 0.280. The molecule has 0 fully saturated rings. The highest BCUT2D eigenvalue weighted by Crippen LogP contribution is 2.56. The molecule has 0 N–H and O–H groups in total. The molecule has 0 amide bonds. The summed E-state index contributed by atoms with van der Waals surface area (Å²) in [5.74, 6) is 0. The maximum absolute atomic E-state index is 2.51. The third-order valence-corrected chi connectivity index (χ3v) is 11.7. The molecule has 2 aliphatic carbocycles. The van der Waals surface area contributed by atoms with Gasteiger partial charge >= 0.3 is 0 Å². The van der Waals surface area contributed by atoms with Crippen molar-refractivity contribution in [2.75, 3.05) is 4.90 Å². The van der Waals surface area contributed by atoms with Gasteiger partial charge in [-0.05, 0) is 102 Å². The quantitative estimate of drug-likeness (QED) is 0.181. The predicted octanol–water partition coefficient (Wildman–Crippen LogP) is 14.0. The molecule has 0 unspecified atom stereocenters. The molecule has 0 spiro atoms.